The molecule has 8 aromatic rings. The van der Waals surface area contributed by atoms with Crippen LogP contribution in [-0.4, -0.2) is 4.57 Å². The highest BCUT2D eigenvalue weighted by atomic mass is 15.0. The van der Waals surface area contributed by atoms with Crippen LogP contribution in [0.25, 0.3) is 61.4 Å². The summed E-state index contributed by atoms with van der Waals surface area (Å²) in [6, 6.07) is 62.0. The van der Waals surface area contributed by atoms with Gasteiger partial charge in [-0.05, 0) is 92.1 Å². The Balaban J connectivity index is 1.23. The van der Waals surface area contributed by atoms with Gasteiger partial charge in [0.15, 0.2) is 0 Å². The van der Waals surface area contributed by atoms with Crippen molar-refractivity contribution in [3.8, 4) is 27.9 Å². The molecule has 1 aromatic heterocycles. The van der Waals surface area contributed by atoms with Gasteiger partial charge >= 0.3 is 0 Å². The van der Waals surface area contributed by atoms with E-state index in [1.54, 1.807) is 0 Å². The van der Waals surface area contributed by atoms with Gasteiger partial charge in [-0.2, -0.15) is 0 Å². The number of rotatable bonds is 5. The minimum Gasteiger partial charge on any atom is -0.309 e. The van der Waals surface area contributed by atoms with Crippen LogP contribution in [0.2, 0.25) is 0 Å². The van der Waals surface area contributed by atoms with Crippen LogP contribution in [-0.2, 0) is 5.41 Å². The van der Waals surface area contributed by atoms with Gasteiger partial charge in [0.25, 0.3) is 0 Å². The Kier molecular flexibility index (Phi) is 6.55. The maximum atomic E-state index is 2.41. The minimum atomic E-state index is -0.0501. The molecule has 0 amide bonds. The van der Waals surface area contributed by atoms with Crippen molar-refractivity contribution in [2.24, 2.45) is 0 Å². The van der Waals surface area contributed by atoms with E-state index in [1.165, 1.54) is 83.1 Å². The van der Waals surface area contributed by atoms with Gasteiger partial charge in [0.1, 0.15) is 0 Å². The molecule has 1 heterocycles. The monoisotopic (exact) mass is 613 g/mol. The quantitative estimate of drug-likeness (QED) is 0.170. The van der Waals surface area contributed by atoms with Crippen molar-refractivity contribution in [3.63, 3.8) is 0 Å². The summed E-state index contributed by atoms with van der Waals surface area (Å²) in [5.41, 5.74) is 16.3. The van der Waals surface area contributed by atoms with Crippen molar-refractivity contribution in [2.45, 2.75) is 19.3 Å². The lowest BCUT2D eigenvalue weighted by molar-refractivity contribution is 0.660. The predicted octanol–water partition coefficient (Wildman–Crippen LogP) is 12.3. The Hall–Kier alpha value is -5.92. The summed E-state index contributed by atoms with van der Waals surface area (Å²) < 4.78 is 2.38. The lowest BCUT2D eigenvalue weighted by atomic mass is 9.82. The summed E-state index contributed by atoms with van der Waals surface area (Å²) in [5, 5.41) is 2.51. The van der Waals surface area contributed by atoms with Crippen LogP contribution in [0.4, 0.5) is 0 Å². The standard InChI is InChI=1S/C47H35N/c1-47(2)43-19-11-9-17-38(43)39-27-21-32(30-44(39)47)29-41(35-24-22-34(23-25-35)33-13-5-3-6-14-33)36-26-28-46-42(31-36)40-18-10-12-20-45(40)48(46)37-15-7-4-8-16-37/h3-31H,1-2H3/b41-29+. The summed E-state index contributed by atoms with van der Waals surface area (Å²) in [6.45, 7) is 4.70. The van der Waals surface area contributed by atoms with Gasteiger partial charge in [-0.3, -0.25) is 0 Å². The molecule has 0 saturated heterocycles. The lowest BCUT2D eigenvalue weighted by Crippen LogP contribution is -2.14. The second-order valence-electron chi connectivity index (χ2n) is 13.4. The van der Waals surface area contributed by atoms with Gasteiger partial charge in [0.2, 0.25) is 0 Å². The van der Waals surface area contributed by atoms with Gasteiger partial charge < -0.3 is 4.57 Å². The molecule has 0 atom stereocenters. The van der Waals surface area contributed by atoms with Crippen molar-refractivity contribution in [1.82, 2.24) is 4.57 Å². The molecule has 228 valence electrons. The first-order valence-corrected chi connectivity index (χ1v) is 16.8. The third-order valence-electron chi connectivity index (χ3n) is 10.2. The van der Waals surface area contributed by atoms with Crippen molar-refractivity contribution in [3.05, 3.63) is 198 Å². The molecular formula is C47H35N. The van der Waals surface area contributed by atoms with E-state index in [-0.39, 0.29) is 5.41 Å². The SMILES string of the molecule is CC1(C)c2ccccc2-c2ccc(/C=C(\c3ccc(-c4ccccc4)cc3)c3ccc4c(c3)c3ccccc3n4-c3ccccc3)cc21. The Morgan fingerprint density at radius 3 is 1.92 bits per heavy atom. The zero-order valence-electron chi connectivity index (χ0n) is 27.2. The molecular weight excluding hydrogens is 579 g/mol. The van der Waals surface area contributed by atoms with Crippen LogP contribution >= 0.6 is 0 Å². The van der Waals surface area contributed by atoms with Crippen molar-refractivity contribution >= 4 is 33.5 Å². The summed E-state index contributed by atoms with van der Waals surface area (Å²) in [5.74, 6) is 0. The summed E-state index contributed by atoms with van der Waals surface area (Å²) in [4.78, 5) is 0. The number of nitrogens with zero attached hydrogens (tertiary/aromatic N) is 1. The van der Waals surface area contributed by atoms with Gasteiger partial charge in [-0.15, -0.1) is 0 Å². The van der Waals surface area contributed by atoms with Crippen molar-refractivity contribution in [1.29, 1.82) is 0 Å². The highest BCUT2D eigenvalue weighted by Gasteiger charge is 2.35. The molecule has 0 saturated carbocycles. The largest absolute Gasteiger partial charge is 0.309 e. The van der Waals surface area contributed by atoms with Gasteiger partial charge in [-0.25, -0.2) is 0 Å². The van der Waals surface area contributed by atoms with E-state index in [2.05, 4.69) is 194 Å². The second kappa shape index (κ2) is 11.1. The highest BCUT2D eigenvalue weighted by Crippen LogP contribution is 2.49. The lowest BCUT2D eigenvalue weighted by Gasteiger charge is -2.21. The topological polar surface area (TPSA) is 4.93 Å². The maximum Gasteiger partial charge on any atom is 0.0541 e. The van der Waals surface area contributed by atoms with E-state index in [0.717, 1.165) is 0 Å². The molecule has 1 aliphatic rings. The first-order chi connectivity index (χ1) is 23.6. The molecule has 0 fully saturated rings. The molecule has 7 aromatic carbocycles. The molecule has 48 heavy (non-hydrogen) atoms. The van der Waals surface area contributed by atoms with Crippen molar-refractivity contribution in [2.75, 3.05) is 0 Å². The molecule has 1 nitrogen and oxygen atoms in total. The fourth-order valence-electron chi connectivity index (χ4n) is 7.78. The highest BCUT2D eigenvalue weighted by molar-refractivity contribution is 6.11. The van der Waals surface area contributed by atoms with E-state index >= 15 is 0 Å². The number of hydrogen-bond donors (Lipinski definition) is 0. The Morgan fingerprint density at radius 2 is 1.10 bits per heavy atom. The predicted molar refractivity (Wildman–Crippen MR) is 204 cm³/mol. The normalized spacial score (nSPS) is 13.5. The molecule has 0 unspecified atom stereocenters. The third-order valence-corrected chi connectivity index (χ3v) is 10.2. The number of fused-ring (bicyclic) bond motifs is 6. The fourth-order valence-corrected chi connectivity index (χ4v) is 7.78. The number of hydrogen-bond acceptors (Lipinski definition) is 0. The maximum absolute atomic E-state index is 2.41. The average molecular weight is 614 g/mol. The van der Waals surface area contributed by atoms with E-state index in [1.807, 2.05) is 0 Å². The minimum absolute atomic E-state index is 0.0501. The molecule has 0 N–H and O–H groups in total. The third kappa shape index (κ3) is 4.54. The molecule has 0 spiro atoms. The van der Waals surface area contributed by atoms with Crippen molar-refractivity contribution < 1.29 is 0 Å². The average Bonchev–Trinajstić information content (AvgIpc) is 3.59. The Morgan fingerprint density at radius 1 is 0.479 bits per heavy atom. The molecule has 9 rings (SSSR count). The van der Waals surface area contributed by atoms with Crippen LogP contribution in [0.1, 0.15) is 41.7 Å². The molecule has 0 bridgehead atoms. The number of benzene rings is 7. The molecule has 1 aliphatic carbocycles. The van der Waals surface area contributed by atoms with Crippen LogP contribution in [0.15, 0.2) is 170 Å². The Bertz CT molecular complexity index is 2490. The van der Waals surface area contributed by atoms with Crippen LogP contribution in [0, 0.1) is 0 Å². The summed E-state index contributed by atoms with van der Waals surface area (Å²) in [6.07, 6.45) is 2.38. The first-order valence-electron chi connectivity index (χ1n) is 16.8. The number of aromatic nitrogens is 1. The fraction of sp³-hybridized carbons (Fsp3) is 0.0638. The van der Waals surface area contributed by atoms with Crippen LogP contribution in [0.5, 0.6) is 0 Å². The van der Waals surface area contributed by atoms with Gasteiger partial charge in [0.05, 0.1) is 11.0 Å². The smallest absolute Gasteiger partial charge is 0.0541 e. The Labute approximate surface area is 282 Å². The molecule has 0 aliphatic heterocycles. The van der Waals surface area contributed by atoms with E-state index in [9.17, 15) is 0 Å². The van der Waals surface area contributed by atoms with E-state index < -0.39 is 0 Å². The molecule has 1 heteroatoms. The summed E-state index contributed by atoms with van der Waals surface area (Å²) in [7, 11) is 0. The summed E-state index contributed by atoms with van der Waals surface area (Å²) >= 11 is 0. The first kappa shape index (κ1) is 28.3. The van der Waals surface area contributed by atoms with Crippen LogP contribution in [0.3, 0.4) is 0 Å². The van der Waals surface area contributed by atoms with Gasteiger partial charge in [0, 0.05) is 21.9 Å². The second-order valence-corrected chi connectivity index (χ2v) is 13.4. The zero-order chi connectivity index (χ0) is 32.2. The van der Waals surface area contributed by atoms with Gasteiger partial charge in [-0.1, -0.05) is 153 Å². The number of para-hydroxylation sites is 2. The van der Waals surface area contributed by atoms with E-state index in [4.69, 9.17) is 0 Å². The zero-order valence-corrected chi connectivity index (χ0v) is 27.2. The molecule has 0 radical (unpaired) electrons. The van der Waals surface area contributed by atoms with Crippen LogP contribution < -0.4 is 0 Å². The van der Waals surface area contributed by atoms with E-state index in [0.29, 0.717) is 0 Å².